The average Bonchev–Trinajstić information content (AvgIpc) is 2.49. The summed E-state index contributed by atoms with van der Waals surface area (Å²) in [5.41, 5.74) is 2.87. The molecule has 2 atom stereocenters. The van der Waals surface area contributed by atoms with Crippen LogP contribution in [-0.2, 0) is 4.74 Å². The minimum atomic E-state index is 0.516. The maximum atomic E-state index is 5.67. The second-order valence-corrected chi connectivity index (χ2v) is 5.52. The fraction of sp³-hybridized carbons (Fsp3) is 0.625. The predicted octanol–water partition coefficient (Wildman–Crippen LogP) is 2.73. The molecule has 1 aromatic carbocycles. The van der Waals surface area contributed by atoms with Gasteiger partial charge in [0.1, 0.15) is 0 Å². The number of para-hydroxylation sites is 1. The van der Waals surface area contributed by atoms with E-state index in [0.717, 1.165) is 26.3 Å². The molecular formula is C16H24N2O. The molecule has 0 radical (unpaired) electrons. The molecule has 104 valence electrons. The van der Waals surface area contributed by atoms with E-state index in [4.69, 9.17) is 4.74 Å². The Hall–Kier alpha value is -1.06. The van der Waals surface area contributed by atoms with Gasteiger partial charge < -0.3 is 15.0 Å². The molecule has 0 saturated carbocycles. The molecule has 2 heterocycles. The number of nitrogens with zero attached hydrogens (tertiary/aromatic N) is 1. The molecular weight excluding hydrogens is 236 g/mol. The molecule has 2 aliphatic rings. The van der Waals surface area contributed by atoms with Crippen LogP contribution in [0.1, 0.15) is 37.8 Å². The van der Waals surface area contributed by atoms with Gasteiger partial charge in [0.15, 0.2) is 0 Å². The molecule has 1 fully saturated rings. The van der Waals surface area contributed by atoms with Gasteiger partial charge in [-0.05, 0) is 37.4 Å². The highest BCUT2D eigenvalue weighted by Gasteiger charge is 2.29. The minimum Gasteiger partial charge on any atom is -0.379 e. The van der Waals surface area contributed by atoms with Crippen molar-refractivity contribution >= 4 is 5.69 Å². The van der Waals surface area contributed by atoms with Gasteiger partial charge in [0, 0.05) is 24.9 Å². The first-order chi connectivity index (χ1) is 9.40. The lowest BCUT2D eigenvalue weighted by Gasteiger charge is -2.42. The second kappa shape index (κ2) is 5.93. The zero-order valence-corrected chi connectivity index (χ0v) is 11.8. The van der Waals surface area contributed by atoms with Crippen molar-refractivity contribution in [2.75, 3.05) is 31.2 Å². The third-order valence-electron chi connectivity index (χ3n) is 4.31. The molecule has 0 amide bonds. The lowest BCUT2D eigenvalue weighted by atomic mass is 9.94. The maximum absolute atomic E-state index is 5.67. The van der Waals surface area contributed by atoms with Crippen molar-refractivity contribution in [1.29, 1.82) is 0 Å². The number of benzene rings is 1. The van der Waals surface area contributed by atoms with Gasteiger partial charge in [-0.25, -0.2) is 0 Å². The number of ether oxygens (including phenoxy) is 1. The van der Waals surface area contributed by atoms with Crippen LogP contribution in [0.25, 0.3) is 0 Å². The van der Waals surface area contributed by atoms with Crippen molar-refractivity contribution in [2.24, 2.45) is 0 Å². The summed E-state index contributed by atoms with van der Waals surface area (Å²) in [6.45, 7) is 6.18. The van der Waals surface area contributed by atoms with Crippen LogP contribution in [0.2, 0.25) is 0 Å². The van der Waals surface area contributed by atoms with Crippen LogP contribution in [0.15, 0.2) is 24.3 Å². The molecule has 2 aliphatic heterocycles. The number of rotatable bonds is 3. The van der Waals surface area contributed by atoms with Crippen LogP contribution in [-0.4, -0.2) is 32.3 Å². The first kappa shape index (κ1) is 12.9. The Morgan fingerprint density at radius 3 is 3.00 bits per heavy atom. The molecule has 0 aromatic heterocycles. The third kappa shape index (κ3) is 2.63. The SMILES string of the molecule is CCNC1CCN(C2CCCOC2)c2ccccc21. The molecule has 3 rings (SSSR count). The van der Waals surface area contributed by atoms with Gasteiger partial charge in [0.2, 0.25) is 0 Å². The highest BCUT2D eigenvalue weighted by atomic mass is 16.5. The van der Waals surface area contributed by atoms with E-state index in [9.17, 15) is 0 Å². The highest BCUT2D eigenvalue weighted by Crippen LogP contribution is 2.35. The molecule has 1 saturated heterocycles. The zero-order chi connectivity index (χ0) is 13.1. The van der Waals surface area contributed by atoms with E-state index in [1.54, 1.807) is 0 Å². The summed E-state index contributed by atoms with van der Waals surface area (Å²) < 4.78 is 5.67. The van der Waals surface area contributed by atoms with Crippen molar-refractivity contribution in [2.45, 2.75) is 38.3 Å². The molecule has 19 heavy (non-hydrogen) atoms. The van der Waals surface area contributed by atoms with Crippen LogP contribution in [0.3, 0.4) is 0 Å². The Bertz CT molecular complexity index is 415. The Kier molecular flexibility index (Phi) is 4.04. The first-order valence-electron chi connectivity index (χ1n) is 7.57. The monoisotopic (exact) mass is 260 g/mol. The van der Waals surface area contributed by atoms with Crippen LogP contribution in [0.4, 0.5) is 5.69 Å². The van der Waals surface area contributed by atoms with E-state index in [1.165, 1.54) is 30.5 Å². The van der Waals surface area contributed by atoms with Gasteiger partial charge in [-0.3, -0.25) is 0 Å². The minimum absolute atomic E-state index is 0.516. The number of fused-ring (bicyclic) bond motifs is 1. The van der Waals surface area contributed by atoms with Crippen LogP contribution in [0, 0.1) is 0 Å². The zero-order valence-electron chi connectivity index (χ0n) is 11.8. The Morgan fingerprint density at radius 1 is 1.32 bits per heavy atom. The second-order valence-electron chi connectivity index (χ2n) is 5.52. The molecule has 0 bridgehead atoms. The molecule has 3 nitrogen and oxygen atoms in total. The van der Waals surface area contributed by atoms with Gasteiger partial charge in [-0.2, -0.15) is 0 Å². The average molecular weight is 260 g/mol. The van der Waals surface area contributed by atoms with Crippen molar-refractivity contribution in [1.82, 2.24) is 5.32 Å². The number of hydrogen-bond acceptors (Lipinski definition) is 3. The number of hydrogen-bond donors (Lipinski definition) is 1. The molecule has 1 N–H and O–H groups in total. The number of nitrogens with one attached hydrogen (secondary N) is 1. The van der Waals surface area contributed by atoms with Crippen LogP contribution in [0.5, 0.6) is 0 Å². The smallest absolute Gasteiger partial charge is 0.0669 e. The quantitative estimate of drug-likeness (QED) is 0.904. The van der Waals surface area contributed by atoms with Crippen LogP contribution < -0.4 is 10.2 Å². The van der Waals surface area contributed by atoms with Crippen molar-refractivity contribution in [3.63, 3.8) is 0 Å². The Balaban J connectivity index is 1.85. The topological polar surface area (TPSA) is 24.5 Å². The Labute approximate surface area is 115 Å². The van der Waals surface area contributed by atoms with E-state index in [2.05, 4.69) is 41.4 Å². The van der Waals surface area contributed by atoms with Gasteiger partial charge >= 0.3 is 0 Å². The summed E-state index contributed by atoms with van der Waals surface area (Å²) in [4.78, 5) is 2.57. The fourth-order valence-electron chi connectivity index (χ4n) is 3.40. The van der Waals surface area contributed by atoms with E-state index >= 15 is 0 Å². The standard InChI is InChI=1S/C16H24N2O/c1-2-17-15-9-10-18(13-6-5-11-19-12-13)16-8-4-3-7-14(15)16/h3-4,7-8,13,15,17H,2,5-6,9-12H2,1H3. The van der Waals surface area contributed by atoms with E-state index in [0.29, 0.717) is 12.1 Å². The van der Waals surface area contributed by atoms with Gasteiger partial charge in [-0.1, -0.05) is 25.1 Å². The summed E-state index contributed by atoms with van der Waals surface area (Å²) in [5.74, 6) is 0. The lowest BCUT2D eigenvalue weighted by molar-refractivity contribution is 0.0784. The van der Waals surface area contributed by atoms with E-state index in [-0.39, 0.29) is 0 Å². The maximum Gasteiger partial charge on any atom is 0.0669 e. The predicted molar refractivity (Wildman–Crippen MR) is 78.7 cm³/mol. The highest BCUT2D eigenvalue weighted by molar-refractivity contribution is 5.57. The summed E-state index contributed by atoms with van der Waals surface area (Å²) in [5, 5.41) is 3.61. The van der Waals surface area contributed by atoms with Gasteiger partial charge in [-0.15, -0.1) is 0 Å². The molecule has 0 spiro atoms. The van der Waals surface area contributed by atoms with E-state index < -0.39 is 0 Å². The summed E-state index contributed by atoms with van der Waals surface area (Å²) >= 11 is 0. The van der Waals surface area contributed by atoms with Crippen molar-refractivity contribution in [3.05, 3.63) is 29.8 Å². The largest absolute Gasteiger partial charge is 0.379 e. The molecule has 0 aliphatic carbocycles. The van der Waals surface area contributed by atoms with Gasteiger partial charge in [0.25, 0.3) is 0 Å². The summed E-state index contributed by atoms with van der Waals surface area (Å²) in [6.07, 6.45) is 3.65. The normalized spacial score (nSPS) is 27.1. The number of anilines is 1. The lowest BCUT2D eigenvalue weighted by Crippen LogP contribution is -2.46. The van der Waals surface area contributed by atoms with Gasteiger partial charge in [0.05, 0.1) is 12.6 Å². The Morgan fingerprint density at radius 2 is 2.21 bits per heavy atom. The summed E-state index contributed by atoms with van der Waals surface area (Å²) in [6, 6.07) is 9.94. The first-order valence-corrected chi connectivity index (χ1v) is 7.57. The third-order valence-corrected chi connectivity index (χ3v) is 4.31. The fourth-order valence-corrected chi connectivity index (χ4v) is 3.40. The van der Waals surface area contributed by atoms with Crippen molar-refractivity contribution < 1.29 is 4.74 Å². The molecule has 1 aromatic rings. The molecule has 3 heteroatoms. The van der Waals surface area contributed by atoms with Crippen LogP contribution >= 0.6 is 0 Å². The van der Waals surface area contributed by atoms with E-state index in [1.807, 2.05) is 0 Å². The summed E-state index contributed by atoms with van der Waals surface area (Å²) in [7, 11) is 0. The van der Waals surface area contributed by atoms with Crippen molar-refractivity contribution in [3.8, 4) is 0 Å². The molecule has 2 unspecified atom stereocenters.